The Morgan fingerprint density at radius 1 is 1.14 bits per heavy atom. The third kappa shape index (κ3) is 6.20. The largest absolute Gasteiger partial charge is 0.484 e. The maximum Gasteiger partial charge on any atom is 0.266 e. The van der Waals surface area contributed by atoms with Crippen LogP contribution in [0.15, 0.2) is 82.2 Å². The van der Waals surface area contributed by atoms with E-state index >= 15 is 0 Å². The Labute approximate surface area is 222 Å². The minimum atomic E-state index is -0.257. The number of hydrogen-bond acceptors (Lipinski definition) is 5. The fraction of sp³-hybridized carbons (Fsp3) is 0.148. The van der Waals surface area contributed by atoms with Gasteiger partial charge < -0.3 is 10.1 Å². The molecule has 0 bridgehead atoms. The Hall–Kier alpha value is -2.94. The molecule has 0 spiro atoms. The number of hydrogen-bond donors (Lipinski definition) is 1. The molecule has 3 aromatic carbocycles. The molecule has 0 aromatic heterocycles. The zero-order chi connectivity index (χ0) is 24.9. The van der Waals surface area contributed by atoms with E-state index in [0.717, 1.165) is 21.2 Å². The first kappa shape index (κ1) is 25.2. The first-order valence-corrected chi connectivity index (χ1v) is 12.9. The molecule has 1 aliphatic heterocycles. The van der Waals surface area contributed by atoms with Crippen LogP contribution in [-0.4, -0.2) is 27.6 Å². The number of carbonyl (C=O) groups excluding carboxylic acids is 2. The third-order valence-electron chi connectivity index (χ3n) is 5.46. The van der Waals surface area contributed by atoms with E-state index in [1.54, 1.807) is 23.1 Å². The number of ether oxygens (including phenoxy) is 1. The summed E-state index contributed by atoms with van der Waals surface area (Å²) in [5, 5.41) is 2.83. The third-order valence-corrected chi connectivity index (χ3v) is 7.68. The first-order chi connectivity index (χ1) is 16.8. The Kier molecular flexibility index (Phi) is 8.05. The molecular weight excluding hydrogens is 544 g/mol. The normalized spacial score (nSPS) is 15.4. The molecule has 178 valence electrons. The second-order valence-corrected chi connectivity index (χ2v) is 10.5. The summed E-state index contributed by atoms with van der Waals surface area (Å²) < 4.78 is 7.20. The van der Waals surface area contributed by atoms with E-state index in [9.17, 15) is 9.59 Å². The summed E-state index contributed by atoms with van der Waals surface area (Å²) in [6.07, 6.45) is 1.80. The lowest BCUT2D eigenvalue weighted by Crippen LogP contribution is -2.30. The summed E-state index contributed by atoms with van der Waals surface area (Å²) in [7, 11) is 0. The highest BCUT2D eigenvalue weighted by molar-refractivity contribution is 9.10. The van der Waals surface area contributed by atoms with Gasteiger partial charge in [-0.1, -0.05) is 82.4 Å². The highest BCUT2D eigenvalue weighted by Crippen LogP contribution is 2.38. The molecule has 0 saturated carbocycles. The molecule has 1 fully saturated rings. The molecule has 1 heterocycles. The average Bonchev–Trinajstić information content (AvgIpc) is 3.13. The molecule has 1 N–H and O–H groups in total. The van der Waals surface area contributed by atoms with Crippen molar-refractivity contribution in [1.82, 2.24) is 4.90 Å². The molecule has 1 atom stereocenters. The van der Waals surface area contributed by atoms with E-state index in [2.05, 4.69) is 21.2 Å². The first-order valence-electron chi connectivity index (χ1n) is 10.9. The number of benzene rings is 3. The van der Waals surface area contributed by atoms with Gasteiger partial charge >= 0.3 is 0 Å². The summed E-state index contributed by atoms with van der Waals surface area (Å²) in [5.41, 5.74) is 3.55. The van der Waals surface area contributed by atoms with Crippen molar-refractivity contribution < 1.29 is 14.3 Å². The van der Waals surface area contributed by atoms with Crippen LogP contribution in [0.5, 0.6) is 5.75 Å². The van der Waals surface area contributed by atoms with Crippen LogP contribution in [0.2, 0.25) is 0 Å². The molecule has 2 amide bonds. The van der Waals surface area contributed by atoms with Crippen molar-refractivity contribution in [3.63, 3.8) is 0 Å². The van der Waals surface area contributed by atoms with Gasteiger partial charge in [0.1, 0.15) is 10.1 Å². The van der Waals surface area contributed by atoms with Gasteiger partial charge in [-0.05, 0) is 66.9 Å². The van der Waals surface area contributed by atoms with E-state index < -0.39 is 0 Å². The molecule has 35 heavy (non-hydrogen) atoms. The monoisotopic (exact) mass is 566 g/mol. The smallest absolute Gasteiger partial charge is 0.266 e. The molecule has 3 aromatic rings. The van der Waals surface area contributed by atoms with Crippen molar-refractivity contribution >= 4 is 67.8 Å². The van der Waals surface area contributed by atoms with E-state index in [1.165, 1.54) is 11.8 Å². The number of amides is 2. The second kappa shape index (κ2) is 11.2. The zero-order valence-corrected chi connectivity index (χ0v) is 22.4. The van der Waals surface area contributed by atoms with Crippen LogP contribution in [0.4, 0.5) is 5.69 Å². The predicted octanol–water partition coefficient (Wildman–Crippen LogP) is 6.74. The van der Waals surface area contributed by atoms with Crippen molar-refractivity contribution in [2.45, 2.75) is 19.9 Å². The van der Waals surface area contributed by atoms with Gasteiger partial charge in [-0.15, -0.1) is 0 Å². The molecule has 1 aliphatic rings. The highest BCUT2D eigenvalue weighted by atomic mass is 79.9. The molecule has 1 saturated heterocycles. The molecule has 8 heteroatoms. The van der Waals surface area contributed by atoms with Gasteiger partial charge in [-0.2, -0.15) is 0 Å². The molecule has 4 rings (SSSR count). The van der Waals surface area contributed by atoms with E-state index in [-0.39, 0.29) is 24.5 Å². The Morgan fingerprint density at radius 3 is 2.66 bits per heavy atom. The number of aryl methyl sites for hydroxylation is 1. The van der Waals surface area contributed by atoms with E-state index in [1.807, 2.05) is 74.5 Å². The van der Waals surface area contributed by atoms with Crippen LogP contribution in [-0.2, 0) is 9.59 Å². The van der Waals surface area contributed by atoms with Crippen molar-refractivity contribution in [3.05, 3.63) is 98.9 Å². The van der Waals surface area contributed by atoms with Crippen LogP contribution >= 0.6 is 39.9 Å². The molecule has 0 aliphatic carbocycles. The molecule has 0 unspecified atom stereocenters. The summed E-state index contributed by atoms with van der Waals surface area (Å²) in [4.78, 5) is 27.6. The lowest BCUT2D eigenvalue weighted by atomic mass is 10.1. The maximum atomic E-state index is 13.1. The maximum absolute atomic E-state index is 13.1. The molecular formula is C27H23BrN2O3S2. The van der Waals surface area contributed by atoms with Crippen LogP contribution < -0.4 is 10.1 Å². The minimum absolute atomic E-state index is 0.119. The number of thioether (sulfide) groups is 1. The topological polar surface area (TPSA) is 58.6 Å². The summed E-state index contributed by atoms with van der Waals surface area (Å²) in [5.74, 6) is 0.161. The number of thiocarbonyl (C=S) groups is 1. The molecule has 5 nitrogen and oxygen atoms in total. The van der Waals surface area contributed by atoms with Crippen molar-refractivity contribution in [2.24, 2.45) is 0 Å². The van der Waals surface area contributed by atoms with Crippen LogP contribution in [0.3, 0.4) is 0 Å². The van der Waals surface area contributed by atoms with Gasteiger partial charge in [0.15, 0.2) is 6.61 Å². The van der Waals surface area contributed by atoms with Gasteiger partial charge in [0, 0.05) is 10.2 Å². The Bertz CT molecular complexity index is 1310. The minimum Gasteiger partial charge on any atom is -0.484 e. The number of nitrogens with one attached hydrogen (secondary N) is 1. The fourth-order valence-electron chi connectivity index (χ4n) is 3.61. The van der Waals surface area contributed by atoms with Crippen LogP contribution in [0, 0.1) is 6.92 Å². The summed E-state index contributed by atoms with van der Waals surface area (Å²) >= 11 is 10.2. The van der Waals surface area contributed by atoms with Crippen LogP contribution in [0.1, 0.15) is 29.7 Å². The zero-order valence-electron chi connectivity index (χ0n) is 19.2. The van der Waals surface area contributed by atoms with Gasteiger partial charge in [0.2, 0.25) is 0 Å². The molecule has 0 radical (unpaired) electrons. The average molecular weight is 568 g/mol. The number of nitrogens with zero attached hydrogens (tertiary/aromatic N) is 1. The fourth-order valence-corrected chi connectivity index (χ4v) is 5.27. The number of rotatable bonds is 7. The quantitative estimate of drug-likeness (QED) is 0.253. The highest BCUT2D eigenvalue weighted by Gasteiger charge is 2.35. The number of anilines is 1. The van der Waals surface area contributed by atoms with Crippen LogP contribution in [0.25, 0.3) is 6.08 Å². The van der Waals surface area contributed by atoms with Crippen molar-refractivity contribution in [3.8, 4) is 5.75 Å². The van der Waals surface area contributed by atoms with Gasteiger partial charge in [-0.3, -0.25) is 14.5 Å². The van der Waals surface area contributed by atoms with Gasteiger partial charge in [-0.25, -0.2) is 0 Å². The number of carbonyl (C=O) groups is 2. The lowest BCUT2D eigenvalue weighted by Gasteiger charge is -2.23. The summed E-state index contributed by atoms with van der Waals surface area (Å²) in [6, 6.07) is 22.5. The second-order valence-electron chi connectivity index (χ2n) is 8.01. The van der Waals surface area contributed by atoms with E-state index in [0.29, 0.717) is 20.7 Å². The van der Waals surface area contributed by atoms with Crippen molar-refractivity contribution in [2.75, 3.05) is 11.9 Å². The SMILES string of the molecule is Cc1cc(NC(=O)COc2cccc(/C=C3\SC(=S)N([C@H](C)c4ccccc4)C3=O)c2)ccc1Br. The Morgan fingerprint density at radius 2 is 1.91 bits per heavy atom. The van der Waals surface area contributed by atoms with Gasteiger partial charge in [0.25, 0.3) is 11.8 Å². The standard InChI is InChI=1S/C27H23BrN2O3S2/c1-17-13-21(11-12-23(17)28)29-25(31)16-33-22-10-6-7-19(14-22)15-24-26(32)30(27(34)35-24)18(2)20-8-4-3-5-9-20/h3-15,18H,16H2,1-2H3,(H,29,31)/b24-15-/t18-/m1/s1. The Balaban J connectivity index is 1.40. The summed E-state index contributed by atoms with van der Waals surface area (Å²) in [6.45, 7) is 3.80. The van der Waals surface area contributed by atoms with Gasteiger partial charge in [0.05, 0.1) is 10.9 Å². The lowest BCUT2D eigenvalue weighted by molar-refractivity contribution is -0.123. The predicted molar refractivity (Wildman–Crippen MR) is 149 cm³/mol. The van der Waals surface area contributed by atoms with Crippen molar-refractivity contribution in [1.29, 1.82) is 0 Å². The number of halogens is 1. The van der Waals surface area contributed by atoms with E-state index in [4.69, 9.17) is 17.0 Å².